The molecular formula is C14H19FO3. The highest BCUT2D eigenvalue weighted by molar-refractivity contribution is 5.97. The first-order chi connectivity index (χ1) is 8.75. The van der Waals surface area contributed by atoms with Crippen molar-refractivity contribution >= 4 is 5.78 Å². The van der Waals surface area contributed by atoms with Crippen LogP contribution in [0.3, 0.4) is 0 Å². The molecule has 0 amide bonds. The topological polar surface area (TPSA) is 35.5 Å². The third kappa shape index (κ3) is 5.38. The lowest BCUT2D eigenvalue weighted by Crippen LogP contribution is -2.14. The average molecular weight is 254 g/mol. The summed E-state index contributed by atoms with van der Waals surface area (Å²) in [7, 11) is 0. The van der Waals surface area contributed by atoms with Crippen molar-refractivity contribution in [2.75, 3.05) is 26.4 Å². The van der Waals surface area contributed by atoms with Gasteiger partial charge in [0.25, 0.3) is 0 Å². The van der Waals surface area contributed by atoms with E-state index in [1.165, 1.54) is 12.1 Å². The number of rotatable bonds is 9. The molecule has 0 radical (unpaired) electrons. The van der Waals surface area contributed by atoms with Crippen molar-refractivity contribution in [2.45, 2.75) is 19.8 Å². The SMILES string of the molecule is CCCCOCCOCC(=O)c1ccccc1F. The predicted molar refractivity (Wildman–Crippen MR) is 67.3 cm³/mol. The van der Waals surface area contributed by atoms with Crippen molar-refractivity contribution in [1.29, 1.82) is 0 Å². The maximum Gasteiger partial charge on any atom is 0.191 e. The highest BCUT2D eigenvalue weighted by Gasteiger charge is 2.10. The molecule has 0 N–H and O–H groups in total. The highest BCUT2D eigenvalue weighted by atomic mass is 19.1. The van der Waals surface area contributed by atoms with Gasteiger partial charge in [-0.2, -0.15) is 0 Å². The Morgan fingerprint density at radius 1 is 1.17 bits per heavy atom. The molecule has 0 bridgehead atoms. The Balaban J connectivity index is 2.16. The second-order valence-corrected chi connectivity index (χ2v) is 3.92. The molecule has 0 heterocycles. The number of hydrogen-bond acceptors (Lipinski definition) is 3. The fourth-order valence-electron chi connectivity index (χ4n) is 1.40. The van der Waals surface area contributed by atoms with Crippen LogP contribution in [0.5, 0.6) is 0 Å². The van der Waals surface area contributed by atoms with Crippen LogP contribution in [0.2, 0.25) is 0 Å². The standard InChI is InChI=1S/C14H19FO3/c1-2-3-8-17-9-10-18-11-14(16)12-6-4-5-7-13(12)15/h4-7H,2-3,8-11H2,1H3. The van der Waals surface area contributed by atoms with Gasteiger partial charge in [-0.25, -0.2) is 4.39 Å². The molecule has 4 heteroatoms. The van der Waals surface area contributed by atoms with E-state index in [1.807, 2.05) is 0 Å². The number of carbonyl (C=O) groups excluding carboxylic acids is 1. The van der Waals surface area contributed by atoms with Crippen LogP contribution < -0.4 is 0 Å². The Kier molecular flexibility index (Phi) is 7.22. The largest absolute Gasteiger partial charge is 0.379 e. The molecule has 3 nitrogen and oxygen atoms in total. The summed E-state index contributed by atoms with van der Waals surface area (Å²) in [5, 5.41) is 0. The van der Waals surface area contributed by atoms with E-state index in [0.29, 0.717) is 19.8 Å². The Bertz CT molecular complexity index is 366. The van der Waals surface area contributed by atoms with E-state index in [1.54, 1.807) is 12.1 Å². The van der Waals surface area contributed by atoms with Gasteiger partial charge >= 0.3 is 0 Å². The Hall–Kier alpha value is -1.26. The van der Waals surface area contributed by atoms with Crippen molar-refractivity contribution in [3.8, 4) is 0 Å². The Morgan fingerprint density at radius 2 is 1.89 bits per heavy atom. The smallest absolute Gasteiger partial charge is 0.191 e. The first-order valence-electron chi connectivity index (χ1n) is 6.19. The molecule has 0 aliphatic rings. The van der Waals surface area contributed by atoms with Gasteiger partial charge in [0.05, 0.1) is 18.8 Å². The van der Waals surface area contributed by atoms with Gasteiger partial charge in [0.1, 0.15) is 12.4 Å². The van der Waals surface area contributed by atoms with Crippen LogP contribution in [-0.2, 0) is 9.47 Å². The average Bonchev–Trinajstić information content (AvgIpc) is 2.38. The molecule has 0 aliphatic carbocycles. The van der Waals surface area contributed by atoms with Crippen LogP contribution in [0.25, 0.3) is 0 Å². The van der Waals surface area contributed by atoms with Crippen LogP contribution in [0.1, 0.15) is 30.1 Å². The first-order valence-corrected chi connectivity index (χ1v) is 6.19. The summed E-state index contributed by atoms with van der Waals surface area (Å²) in [6, 6.07) is 5.90. The predicted octanol–water partition coefficient (Wildman–Crippen LogP) is 2.84. The monoisotopic (exact) mass is 254 g/mol. The van der Waals surface area contributed by atoms with Crippen LogP contribution in [0.4, 0.5) is 4.39 Å². The van der Waals surface area contributed by atoms with Gasteiger partial charge in [0.15, 0.2) is 5.78 Å². The molecule has 0 unspecified atom stereocenters. The fraction of sp³-hybridized carbons (Fsp3) is 0.500. The number of ketones is 1. The van der Waals surface area contributed by atoms with E-state index in [0.717, 1.165) is 12.8 Å². The summed E-state index contributed by atoms with van der Waals surface area (Å²) in [6.07, 6.45) is 2.11. The van der Waals surface area contributed by atoms with E-state index in [-0.39, 0.29) is 18.0 Å². The molecule has 100 valence electrons. The van der Waals surface area contributed by atoms with Gasteiger partial charge in [-0.1, -0.05) is 25.5 Å². The van der Waals surface area contributed by atoms with Crippen molar-refractivity contribution in [2.24, 2.45) is 0 Å². The maximum absolute atomic E-state index is 13.3. The molecule has 1 rings (SSSR count). The third-order valence-corrected chi connectivity index (χ3v) is 2.42. The number of benzene rings is 1. The van der Waals surface area contributed by atoms with Crippen LogP contribution >= 0.6 is 0 Å². The van der Waals surface area contributed by atoms with Crippen LogP contribution in [0, 0.1) is 5.82 Å². The minimum atomic E-state index is -0.509. The summed E-state index contributed by atoms with van der Waals surface area (Å²) >= 11 is 0. The second kappa shape index (κ2) is 8.78. The number of carbonyl (C=O) groups is 1. The van der Waals surface area contributed by atoms with Gasteiger partial charge in [0.2, 0.25) is 0 Å². The summed E-state index contributed by atoms with van der Waals surface area (Å²) < 4.78 is 23.7. The van der Waals surface area contributed by atoms with E-state index in [2.05, 4.69) is 6.92 Å². The number of unbranched alkanes of at least 4 members (excludes halogenated alkanes) is 1. The van der Waals surface area contributed by atoms with E-state index < -0.39 is 5.82 Å². The normalized spacial score (nSPS) is 10.6. The minimum absolute atomic E-state index is 0.0735. The maximum atomic E-state index is 13.3. The lowest BCUT2D eigenvalue weighted by Gasteiger charge is -2.05. The lowest BCUT2D eigenvalue weighted by molar-refractivity contribution is 0.0431. The van der Waals surface area contributed by atoms with Gasteiger partial charge in [0, 0.05) is 6.61 Å². The first kappa shape index (κ1) is 14.8. The molecular weight excluding hydrogens is 235 g/mol. The molecule has 0 spiro atoms. The third-order valence-electron chi connectivity index (χ3n) is 2.42. The lowest BCUT2D eigenvalue weighted by atomic mass is 10.1. The van der Waals surface area contributed by atoms with Crippen molar-refractivity contribution in [1.82, 2.24) is 0 Å². The number of halogens is 1. The molecule has 0 saturated heterocycles. The zero-order chi connectivity index (χ0) is 13.2. The molecule has 0 saturated carbocycles. The highest BCUT2D eigenvalue weighted by Crippen LogP contribution is 2.07. The van der Waals surface area contributed by atoms with E-state index in [9.17, 15) is 9.18 Å². The van der Waals surface area contributed by atoms with Gasteiger partial charge < -0.3 is 9.47 Å². The fourth-order valence-corrected chi connectivity index (χ4v) is 1.40. The molecule has 1 aromatic rings. The zero-order valence-corrected chi connectivity index (χ0v) is 10.7. The van der Waals surface area contributed by atoms with Gasteiger partial charge in [-0.15, -0.1) is 0 Å². The summed E-state index contributed by atoms with van der Waals surface area (Å²) in [5.41, 5.74) is 0.0735. The molecule has 0 fully saturated rings. The minimum Gasteiger partial charge on any atom is -0.379 e. The number of Topliss-reactive ketones (excluding diaryl/α,β-unsaturated/α-hetero) is 1. The van der Waals surface area contributed by atoms with Crippen LogP contribution in [0.15, 0.2) is 24.3 Å². The Morgan fingerprint density at radius 3 is 2.61 bits per heavy atom. The van der Waals surface area contributed by atoms with E-state index in [4.69, 9.17) is 9.47 Å². The van der Waals surface area contributed by atoms with E-state index >= 15 is 0 Å². The van der Waals surface area contributed by atoms with Gasteiger partial charge in [-0.05, 0) is 18.6 Å². The molecule has 1 aromatic carbocycles. The van der Waals surface area contributed by atoms with Crippen LogP contribution in [-0.4, -0.2) is 32.2 Å². The van der Waals surface area contributed by atoms with Crippen molar-refractivity contribution in [3.63, 3.8) is 0 Å². The quantitative estimate of drug-likeness (QED) is 0.502. The second-order valence-electron chi connectivity index (χ2n) is 3.92. The van der Waals surface area contributed by atoms with Crippen molar-refractivity contribution in [3.05, 3.63) is 35.6 Å². The van der Waals surface area contributed by atoms with Crippen molar-refractivity contribution < 1.29 is 18.7 Å². The number of hydrogen-bond donors (Lipinski definition) is 0. The summed E-state index contributed by atoms with van der Waals surface area (Å²) in [5.74, 6) is -0.855. The van der Waals surface area contributed by atoms with Gasteiger partial charge in [-0.3, -0.25) is 4.79 Å². The summed E-state index contributed by atoms with van der Waals surface area (Å²) in [4.78, 5) is 11.6. The molecule has 0 aliphatic heterocycles. The zero-order valence-electron chi connectivity index (χ0n) is 10.7. The Labute approximate surface area is 107 Å². The molecule has 18 heavy (non-hydrogen) atoms. The summed E-state index contributed by atoms with van der Waals surface area (Å²) in [6.45, 7) is 3.50. The number of ether oxygens (including phenoxy) is 2. The molecule has 0 atom stereocenters. The molecule has 0 aromatic heterocycles.